The second kappa shape index (κ2) is 6.18. The van der Waals surface area contributed by atoms with E-state index in [4.69, 9.17) is 0 Å². The van der Waals surface area contributed by atoms with Gasteiger partial charge in [-0.25, -0.2) is 0 Å². The van der Waals surface area contributed by atoms with Crippen molar-refractivity contribution in [2.45, 2.75) is 63.6 Å². The molecule has 1 aliphatic carbocycles. The predicted octanol–water partition coefficient (Wildman–Crippen LogP) is 0.302. The van der Waals surface area contributed by atoms with Crippen LogP contribution in [0.25, 0.3) is 0 Å². The van der Waals surface area contributed by atoms with Crippen LogP contribution in [-0.2, 0) is 9.59 Å². The highest BCUT2D eigenvalue weighted by Gasteiger charge is 2.36. The topological polar surface area (TPSA) is 70.2 Å². The van der Waals surface area contributed by atoms with Crippen molar-refractivity contribution in [1.29, 1.82) is 0 Å². The van der Waals surface area contributed by atoms with Crippen LogP contribution in [0.3, 0.4) is 0 Å². The molecule has 0 aromatic rings. The zero-order valence-electron chi connectivity index (χ0n) is 11.0. The fraction of sp³-hybridized carbons (Fsp3) is 0.846. The van der Waals surface area contributed by atoms with E-state index in [2.05, 4.69) is 16.0 Å². The number of carbonyl (C=O) groups is 2. The molecule has 0 radical (unpaired) electrons. The van der Waals surface area contributed by atoms with Gasteiger partial charge in [-0.1, -0.05) is 19.8 Å². The van der Waals surface area contributed by atoms with Gasteiger partial charge in [0.2, 0.25) is 11.8 Å². The molecule has 1 heterocycles. The monoisotopic (exact) mass is 253 g/mol. The molecule has 0 unspecified atom stereocenters. The van der Waals surface area contributed by atoms with E-state index in [0.29, 0.717) is 12.6 Å². The van der Waals surface area contributed by atoms with Crippen molar-refractivity contribution in [1.82, 2.24) is 16.0 Å². The van der Waals surface area contributed by atoms with Crippen molar-refractivity contribution in [3.05, 3.63) is 0 Å². The van der Waals surface area contributed by atoms with Gasteiger partial charge in [0, 0.05) is 18.6 Å². The fourth-order valence-corrected chi connectivity index (χ4v) is 2.79. The Bertz CT molecular complexity index is 319. The molecule has 1 saturated heterocycles. The van der Waals surface area contributed by atoms with E-state index in [9.17, 15) is 9.59 Å². The van der Waals surface area contributed by atoms with Crippen LogP contribution in [0, 0.1) is 0 Å². The van der Waals surface area contributed by atoms with Gasteiger partial charge >= 0.3 is 0 Å². The van der Waals surface area contributed by atoms with Crippen LogP contribution in [0.5, 0.6) is 0 Å². The van der Waals surface area contributed by atoms with Gasteiger partial charge in [0.15, 0.2) is 0 Å². The number of nitrogens with one attached hydrogen (secondary N) is 3. The van der Waals surface area contributed by atoms with Crippen LogP contribution in [0.1, 0.15) is 45.4 Å². The molecule has 3 atom stereocenters. The summed E-state index contributed by atoms with van der Waals surface area (Å²) in [7, 11) is 0. The van der Waals surface area contributed by atoms with Crippen molar-refractivity contribution >= 4 is 11.8 Å². The minimum atomic E-state index is -0.360. The van der Waals surface area contributed by atoms with Gasteiger partial charge in [-0.3, -0.25) is 9.59 Å². The summed E-state index contributed by atoms with van der Waals surface area (Å²) in [6.07, 6.45) is 5.70. The lowest BCUT2D eigenvalue weighted by atomic mass is 9.87. The molecule has 18 heavy (non-hydrogen) atoms. The maximum absolute atomic E-state index is 11.9. The SMILES string of the molecule is CCCNC(=O)C[C@H]1N[C@H]2CCCC[C@H]2NC1=O. The molecule has 0 spiro atoms. The Balaban J connectivity index is 1.85. The second-order valence-corrected chi connectivity index (χ2v) is 5.28. The minimum absolute atomic E-state index is 0.0233. The van der Waals surface area contributed by atoms with Crippen LogP contribution in [0.4, 0.5) is 0 Å². The summed E-state index contributed by atoms with van der Waals surface area (Å²) in [4.78, 5) is 23.5. The van der Waals surface area contributed by atoms with E-state index < -0.39 is 0 Å². The summed E-state index contributed by atoms with van der Waals surface area (Å²) in [5, 5.41) is 9.20. The predicted molar refractivity (Wildman–Crippen MR) is 69.0 cm³/mol. The number of hydrogen-bond donors (Lipinski definition) is 3. The van der Waals surface area contributed by atoms with Crippen molar-refractivity contribution < 1.29 is 9.59 Å². The van der Waals surface area contributed by atoms with E-state index in [1.54, 1.807) is 0 Å². The highest BCUT2D eigenvalue weighted by Crippen LogP contribution is 2.22. The first kappa shape index (κ1) is 13.3. The maximum atomic E-state index is 11.9. The first-order valence-electron chi connectivity index (χ1n) is 7.04. The van der Waals surface area contributed by atoms with Gasteiger partial charge in [-0.05, 0) is 19.3 Å². The third kappa shape index (κ3) is 3.22. The molecule has 2 fully saturated rings. The molecule has 0 aromatic heterocycles. The van der Waals surface area contributed by atoms with Gasteiger partial charge in [0.1, 0.15) is 0 Å². The third-order valence-electron chi connectivity index (χ3n) is 3.79. The first-order valence-corrected chi connectivity index (χ1v) is 7.04. The molecule has 1 saturated carbocycles. The van der Waals surface area contributed by atoms with Crippen LogP contribution in [0.2, 0.25) is 0 Å². The fourth-order valence-electron chi connectivity index (χ4n) is 2.79. The molecule has 102 valence electrons. The molecule has 2 rings (SSSR count). The number of rotatable bonds is 4. The Hall–Kier alpha value is -1.10. The van der Waals surface area contributed by atoms with Gasteiger partial charge in [-0.15, -0.1) is 0 Å². The lowest BCUT2D eigenvalue weighted by molar-refractivity contribution is -0.131. The number of hydrogen-bond acceptors (Lipinski definition) is 3. The lowest BCUT2D eigenvalue weighted by Crippen LogP contribution is -2.65. The molecule has 1 aliphatic heterocycles. The van der Waals surface area contributed by atoms with Gasteiger partial charge in [0.25, 0.3) is 0 Å². The standard InChI is InChI=1S/C13H23N3O2/c1-2-7-14-12(17)8-11-13(18)16-10-6-4-3-5-9(10)15-11/h9-11,15H,2-8H2,1H3,(H,14,17)(H,16,18)/t9-,10+,11+/m0/s1. The van der Waals surface area contributed by atoms with Crippen LogP contribution in [0.15, 0.2) is 0 Å². The van der Waals surface area contributed by atoms with Crippen molar-refractivity contribution in [3.8, 4) is 0 Å². The van der Waals surface area contributed by atoms with Crippen LogP contribution in [-0.4, -0.2) is 36.5 Å². The Labute approximate surface area is 108 Å². The summed E-state index contributed by atoms with van der Waals surface area (Å²) >= 11 is 0. The number of fused-ring (bicyclic) bond motifs is 1. The Morgan fingerprint density at radius 1 is 1.33 bits per heavy atom. The summed E-state index contributed by atoms with van der Waals surface area (Å²) < 4.78 is 0. The molecule has 0 aromatic carbocycles. The summed E-state index contributed by atoms with van der Waals surface area (Å²) in [5.74, 6) is -0.0662. The zero-order chi connectivity index (χ0) is 13.0. The third-order valence-corrected chi connectivity index (χ3v) is 3.79. The maximum Gasteiger partial charge on any atom is 0.237 e. The molecule has 3 N–H and O–H groups in total. The highest BCUT2D eigenvalue weighted by atomic mass is 16.2. The molecular weight excluding hydrogens is 230 g/mol. The molecular formula is C13H23N3O2. The molecule has 5 nitrogen and oxygen atoms in total. The minimum Gasteiger partial charge on any atom is -0.356 e. The van der Waals surface area contributed by atoms with E-state index in [0.717, 1.165) is 19.3 Å². The summed E-state index contributed by atoms with van der Waals surface area (Å²) in [6, 6.07) is 0.253. The molecule has 2 amide bonds. The smallest absolute Gasteiger partial charge is 0.237 e. The van der Waals surface area contributed by atoms with E-state index in [-0.39, 0.29) is 30.3 Å². The van der Waals surface area contributed by atoms with Crippen LogP contribution >= 0.6 is 0 Å². The van der Waals surface area contributed by atoms with Gasteiger partial charge in [-0.2, -0.15) is 0 Å². The molecule has 5 heteroatoms. The van der Waals surface area contributed by atoms with E-state index in [1.807, 2.05) is 6.92 Å². The highest BCUT2D eigenvalue weighted by molar-refractivity contribution is 5.89. The molecule has 0 bridgehead atoms. The van der Waals surface area contributed by atoms with Gasteiger partial charge in [0.05, 0.1) is 12.5 Å². The quantitative estimate of drug-likeness (QED) is 0.675. The first-order chi connectivity index (χ1) is 8.70. The largest absolute Gasteiger partial charge is 0.356 e. The zero-order valence-corrected chi connectivity index (χ0v) is 11.0. The average Bonchev–Trinajstić information content (AvgIpc) is 2.37. The molecule has 2 aliphatic rings. The Kier molecular flexibility index (Phi) is 4.58. The van der Waals surface area contributed by atoms with Crippen LogP contribution < -0.4 is 16.0 Å². The normalized spacial score (nSPS) is 31.4. The van der Waals surface area contributed by atoms with Crippen molar-refractivity contribution in [3.63, 3.8) is 0 Å². The van der Waals surface area contributed by atoms with E-state index in [1.165, 1.54) is 12.8 Å². The summed E-state index contributed by atoms with van der Waals surface area (Å²) in [6.45, 7) is 2.69. The lowest BCUT2D eigenvalue weighted by Gasteiger charge is -2.40. The summed E-state index contributed by atoms with van der Waals surface area (Å²) in [5.41, 5.74) is 0. The van der Waals surface area contributed by atoms with Crippen molar-refractivity contribution in [2.75, 3.05) is 6.54 Å². The number of amides is 2. The number of carbonyl (C=O) groups excluding carboxylic acids is 2. The van der Waals surface area contributed by atoms with E-state index >= 15 is 0 Å². The number of piperazine rings is 1. The Morgan fingerprint density at radius 3 is 2.78 bits per heavy atom. The van der Waals surface area contributed by atoms with Crippen molar-refractivity contribution in [2.24, 2.45) is 0 Å². The van der Waals surface area contributed by atoms with Gasteiger partial charge < -0.3 is 16.0 Å². The average molecular weight is 253 g/mol. The Morgan fingerprint density at radius 2 is 2.06 bits per heavy atom. The second-order valence-electron chi connectivity index (χ2n) is 5.28.